The van der Waals surface area contributed by atoms with Crippen molar-refractivity contribution >= 4 is 26.0 Å². The van der Waals surface area contributed by atoms with Gasteiger partial charge in [0.2, 0.25) is 0 Å². The Bertz CT molecular complexity index is 851. The van der Waals surface area contributed by atoms with E-state index >= 15 is 0 Å². The molecule has 6 nitrogen and oxygen atoms in total. The Hall–Kier alpha value is -1.61. The second kappa shape index (κ2) is 10.8. The van der Waals surface area contributed by atoms with E-state index in [0.717, 1.165) is 10.0 Å². The molecule has 0 aliphatic rings. The summed E-state index contributed by atoms with van der Waals surface area (Å²) < 4.78 is 46.7. The fourth-order valence-corrected chi connectivity index (χ4v) is 3.93. The smallest absolute Gasteiger partial charge is 0.297 e. The van der Waals surface area contributed by atoms with Crippen LogP contribution in [0.25, 0.3) is 0 Å². The van der Waals surface area contributed by atoms with Crippen LogP contribution in [0.5, 0.6) is 11.5 Å². The second-order valence-electron chi connectivity index (χ2n) is 6.20. The first-order valence-electron chi connectivity index (χ1n) is 8.83. The zero-order valence-electron chi connectivity index (χ0n) is 16.2. The third-order valence-electron chi connectivity index (χ3n) is 4.01. The van der Waals surface area contributed by atoms with Crippen molar-refractivity contribution in [3.8, 4) is 11.5 Å². The lowest BCUT2D eigenvalue weighted by molar-refractivity contribution is 0.106. The molecule has 0 heterocycles. The van der Waals surface area contributed by atoms with Crippen molar-refractivity contribution in [3.05, 3.63) is 52.5 Å². The van der Waals surface area contributed by atoms with E-state index in [9.17, 15) is 8.42 Å². The molecule has 0 amide bonds. The molecule has 2 aromatic rings. The van der Waals surface area contributed by atoms with Crippen LogP contribution in [0.15, 0.2) is 51.8 Å². The molecule has 0 radical (unpaired) electrons. The minimum Gasteiger partial charge on any atom is -0.493 e. The molecule has 1 atom stereocenters. The van der Waals surface area contributed by atoms with Crippen LogP contribution < -0.4 is 9.47 Å². The largest absolute Gasteiger partial charge is 0.493 e. The maximum atomic E-state index is 12.2. The van der Waals surface area contributed by atoms with E-state index in [4.69, 9.17) is 18.4 Å². The Labute approximate surface area is 175 Å². The van der Waals surface area contributed by atoms with Gasteiger partial charge in [-0.3, -0.25) is 4.18 Å². The highest BCUT2D eigenvalue weighted by molar-refractivity contribution is 9.10. The standard InChI is InChI=1S/C20H25BrO6S/c1-15(27-28(22,23)18-9-7-17(21)8-10-18)5-4-12-26-14-16-6-11-19(24-2)20(13-16)25-3/h6-11,13,15H,4-5,12,14H2,1-3H3. The van der Waals surface area contributed by atoms with Crippen LogP contribution in [0.2, 0.25) is 0 Å². The third-order valence-corrected chi connectivity index (χ3v) is 5.97. The van der Waals surface area contributed by atoms with E-state index in [2.05, 4.69) is 15.9 Å². The summed E-state index contributed by atoms with van der Waals surface area (Å²) in [6.07, 6.45) is 0.824. The van der Waals surface area contributed by atoms with Crippen LogP contribution in [0, 0.1) is 0 Å². The molecule has 0 fully saturated rings. The van der Waals surface area contributed by atoms with Gasteiger partial charge in [-0.05, 0) is 61.7 Å². The summed E-state index contributed by atoms with van der Waals surface area (Å²) in [6, 6.07) is 12.0. The molecule has 28 heavy (non-hydrogen) atoms. The lowest BCUT2D eigenvalue weighted by Gasteiger charge is -2.13. The normalized spacial score (nSPS) is 12.6. The van der Waals surface area contributed by atoms with Crippen LogP contribution in [-0.4, -0.2) is 35.3 Å². The predicted molar refractivity (Wildman–Crippen MR) is 110 cm³/mol. The number of hydrogen-bond donors (Lipinski definition) is 0. The Morgan fingerprint density at radius 1 is 1.00 bits per heavy atom. The number of methoxy groups -OCH3 is 2. The summed E-state index contributed by atoms with van der Waals surface area (Å²) in [5.41, 5.74) is 0.972. The van der Waals surface area contributed by atoms with Crippen molar-refractivity contribution < 1.29 is 26.8 Å². The Morgan fingerprint density at radius 3 is 2.32 bits per heavy atom. The van der Waals surface area contributed by atoms with E-state index in [1.807, 2.05) is 18.2 Å². The Morgan fingerprint density at radius 2 is 1.68 bits per heavy atom. The summed E-state index contributed by atoms with van der Waals surface area (Å²) in [5, 5.41) is 0. The van der Waals surface area contributed by atoms with Crippen molar-refractivity contribution in [2.45, 2.75) is 37.4 Å². The fourth-order valence-electron chi connectivity index (χ4n) is 2.55. The number of halogens is 1. The number of benzene rings is 2. The van der Waals surface area contributed by atoms with E-state index in [1.54, 1.807) is 33.3 Å². The average Bonchev–Trinajstić information content (AvgIpc) is 2.67. The maximum absolute atomic E-state index is 12.2. The lowest BCUT2D eigenvalue weighted by Crippen LogP contribution is -2.16. The van der Waals surface area contributed by atoms with Crippen molar-refractivity contribution in [1.29, 1.82) is 0 Å². The highest BCUT2D eigenvalue weighted by Gasteiger charge is 2.18. The first kappa shape index (κ1) is 22.7. The molecular formula is C20H25BrO6S. The van der Waals surface area contributed by atoms with E-state index in [1.165, 1.54) is 12.1 Å². The first-order chi connectivity index (χ1) is 13.4. The lowest BCUT2D eigenvalue weighted by atomic mass is 10.2. The van der Waals surface area contributed by atoms with Crippen molar-refractivity contribution in [3.63, 3.8) is 0 Å². The summed E-state index contributed by atoms with van der Waals surface area (Å²) in [6.45, 7) is 2.68. The summed E-state index contributed by atoms with van der Waals surface area (Å²) >= 11 is 3.28. The number of hydrogen-bond acceptors (Lipinski definition) is 6. The van der Waals surface area contributed by atoms with Crippen LogP contribution >= 0.6 is 15.9 Å². The van der Waals surface area contributed by atoms with Gasteiger partial charge in [0.15, 0.2) is 11.5 Å². The molecule has 2 aromatic carbocycles. The fraction of sp³-hybridized carbons (Fsp3) is 0.400. The summed E-state index contributed by atoms with van der Waals surface area (Å²) in [4.78, 5) is 0.146. The second-order valence-corrected chi connectivity index (χ2v) is 8.69. The van der Waals surface area contributed by atoms with Gasteiger partial charge in [0.05, 0.1) is 31.8 Å². The van der Waals surface area contributed by atoms with Crippen LogP contribution in [0.1, 0.15) is 25.3 Å². The molecule has 0 aliphatic carbocycles. The van der Waals surface area contributed by atoms with E-state index in [-0.39, 0.29) is 4.90 Å². The minimum atomic E-state index is -3.76. The predicted octanol–water partition coefficient (Wildman–Crippen LogP) is 4.56. The first-order valence-corrected chi connectivity index (χ1v) is 11.0. The van der Waals surface area contributed by atoms with Gasteiger partial charge in [0.25, 0.3) is 10.1 Å². The number of rotatable bonds is 11. The maximum Gasteiger partial charge on any atom is 0.297 e. The zero-order chi connectivity index (χ0) is 20.6. The monoisotopic (exact) mass is 472 g/mol. The van der Waals surface area contributed by atoms with Crippen molar-refractivity contribution in [2.75, 3.05) is 20.8 Å². The van der Waals surface area contributed by atoms with Gasteiger partial charge in [-0.2, -0.15) is 8.42 Å². The topological polar surface area (TPSA) is 71.1 Å². The molecule has 2 rings (SSSR count). The zero-order valence-corrected chi connectivity index (χ0v) is 18.6. The molecule has 0 N–H and O–H groups in total. The highest BCUT2D eigenvalue weighted by atomic mass is 79.9. The average molecular weight is 473 g/mol. The van der Waals surface area contributed by atoms with Crippen LogP contribution in [0.4, 0.5) is 0 Å². The summed E-state index contributed by atoms with van der Waals surface area (Å²) in [7, 11) is -0.583. The van der Waals surface area contributed by atoms with E-state index < -0.39 is 16.2 Å². The molecule has 8 heteroatoms. The molecule has 0 aliphatic heterocycles. The molecule has 0 saturated carbocycles. The van der Waals surface area contributed by atoms with Gasteiger partial charge in [0, 0.05) is 11.1 Å². The van der Waals surface area contributed by atoms with E-state index in [0.29, 0.717) is 37.6 Å². The van der Waals surface area contributed by atoms with Gasteiger partial charge in [-0.15, -0.1) is 0 Å². The molecule has 0 bridgehead atoms. The Kier molecular flexibility index (Phi) is 8.75. The van der Waals surface area contributed by atoms with Crippen molar-refractivity contribution in [1.82, 2.24) is 0 Å². The molecule has 1 unspecified atom stereocenters. The van der Waals surface area contributed by atoms with Gasteiger partial charge in [0.1, 0.15) is 0 Å². The van der Waals surface area contributed by atoms with Crippen LogP contribution in [-0.2, 0) is 25.6 Å². The molecule has 0 aromatic heterocycles. The van der Waals surface area contributed by atoms with Gasteiger partial charge in [-0.1, -0.05) is 22.0 Å². The molecule has 0 saturated heterocycles. The molecule has 154 valence electrons. The van der Waals surface area contributed by atoms with Gasteiger partial charge < -0.3 is 14.2 Å². The molecular weight excluding hydrogens is 448 g/mol. The highest BCUT2D eigenvalue weighted by Crippen LogP contribution is 2.27. The quantitative estimate of drug-likeness (QED) is 0.352. The van der Waals surface area contributed by atoms with Gasteiger partial charge >= 0.3 is 0 Å². The molecule has 0 spiro atoms. The SMILES string of the molecule is COc1ccc(COCCCC(C)OS(=O)(=O)c2ccc(Br)cc2)cc1OC. The third kappa shape index (κ3) is 6.77. The minimum absolute atomic E-state index is 0.146. The van der Waals surface area contributed by atoms with Crippen molar-refractivity contribution in [2.24, 2.45) is 0 Å². The van der Waals surface area contributed by atoms with Gasteiger partial charge in [-0.25, -0.2) is 0 Å². The van der Waals surface area contributed by atoms with Crippen LogP contribution in [0.3, 0.4) is 0 Å². The Balaban J connectivity index is 1.74. The summed E-state index contributed by atoms with van der Waals surface area (Å²) in [5.74, 6) is 1.33. The number of ether oxygens (including phenoxy) is 3.